The van der Waals surface area contributed by atoms with Gasteiger partial charge in [-0.3, -0.25) is 0 Å². The molecule has 144 valence electrons. The topological polar surface area (TPSA) is 82.1 Å². The van der Waals surface area contributed by atoms with Crippen molar-refractivity contribution in [3.8, 4) is 17.2 Å². The molecule has 0 atom stereocenters. The highest BCUT2D eigenvalue weighted by Crippen LogP contribution is 2.37. The highest BCUT2D eigenvalue weighted by Gasteiger charge is 2.27. The minimum atomic E-state index is -3.52. The van der Waals surface area contributed by atoms with Gasteiger partial charge in [-0.2, -0.15) is 4.31 Å². The van der Waals surface area contributed by atoms with Gasteiger partial charge in [-0.25, -0.2) is 13.2 Å². The molecule has 0 spiro atoms. The van der Waals surface area contributed by atoms with Gasteiger partial charge in [0.1, 0.15) is 0 Å². The Balaban J connectivity index is 1.81. The van der Waals surface area contributed by atoms with Gasteiger partial charge in [0.15, 0.2) is 11.5 Å². The lowest BCUT2D eigenvalue weighted by Crippen LogP contribution is -2.27. The van der Waals surface area contributed by atoms with Crippen LogP contribution < -0.4 is 14.2 Å². The summed E-state index contributed by atoms with van der Waals surface area (Å²) in [6.45, 7) is 1.06. The summed E-state index contributed by atoms with van der Waals surface area (Å²) in [5.41, 5.74) is 0.225. The van der Waals surface area contributed by atoms with E-state index in [2.05, 4.69) is 0 Å². The number of benzene rings is 2. The summed E-state index contributed by atoms with van der Waals surface area (Å²) >= 11 is 0. The van der Waals surface area contributed by atoms with Crippen molar-refractivity contribution in [3.63, 3.8) is 0 Å². The first kappa shape index (κ1) is 19.2. The summed E-state index contributed by atoms with van der Waals surface area (Å²) < 4.78 is 42.4. The van der Waals surface area contributed by atoms with Gasteiger partial charge in [0.05, 0.1) is 24.7 Å². The minimum absolute atomic E-state index is 0.163. The summed E-state index contributed by atoms with van der Waals surface area (Å²) in [6, 6.07) is 10.7. The van der Waals surface area contributed by atoms with Crippen LogP contribution >= 0.6 is 0 Å². The highest BCUT2D eigenvalue weighted by molar-refractivity contribution is 7.89. The number of carbonyl (C=O) groups excluding carboxylic acids is 1. The van der Waals surface area contributed by atoms with E-state index in [-0.39, 0.29) is 16.2 Å². The smallest absolute Gasteiger partial charge is 0.343 e. The summed E-state index contributed by atoms with van der Waals surface area (Å²) in [7, 11) is -0.595. The third kappa shape index (κ3) is 3.91. The van der Waals surface area contributed by atoms with E-state index in [1.165, 1.54) is 42.8 Å². The summed E-state index contributed by atoms with van der Waals surface area (Å²) in [5, 5.41) is 0. The molecule has 1 aliphatic heterocycles. The van der Waals surface area contributed by atoms with Gasteiger partial charge in [0.2, 0.25) is 15.8 Å². The Morgan fingerprint density at radius 1 is 0.926 bits per heavy atom. The zero-order chi connectivity index (χ0) is 19.4. The normalized spacial score (nSPS) is 14.7. The Bertz CT molecular complexity index is 895. The van der Waals surface area contributed by atoms with E-state index in [1.807, 2.05) is 0 Å². The third-order valence-corrected chi connectivity index (χ3v) is 6.28. The highest BCUT2D eigenvalue weighted by atomic mass is 32.2. The van der Waals surface area contributed by atoms with Crippen molar-refractivity contribution in [3.05, 3.63) is 48.0 Å². The molecule has 2 aromatic rings. The summed E-state index contributed by atoms with van der Waals surface area (Å²) in [6.07, 6.45) is 1.73. The second-order valence-corrected chi connectivity index (χ2v) is 7.95. The van der Waals surface area contributed by atoms with Crippen molar-refractivity contribution in [1.82, 2.24) is 4.31 Å². The van der Waals surface area contributed by atoms with E-state index in [4.69, 9.17) is 14.2 Å². The van der Waals surface area contributed by atoms with E-state index in [0.717, 1.165) is 12.8 Å². The molecule has 27 heavy (non-hydrogen) atoms. The van der Waals surface area contributed by atoms with Crippen LogP contribution in [0.2, 0.25) is 0 Å². The lowest BCUT2D eigenvalue weighted by atomic mass is 10.2. The predicted molar refractivity (Wildman–Crippen MR) is 98.9 cm³/mol. The number of esters is 1. The zero-order valence-electron chi connectivity index (χ0n) is 15.2. The molecule has 0 radical (unpaired) electrons. The fourth-order valence-corrected chi connectivity index (χ4v) is 4.43. The van der Waals surface area contributed by atoms with E-state index in [1.54, 1.807) is 18.2 Å². The molecule has 0 aromatic heterocycles. The maximum absolute atomic E-state index is 12.6. The Morgan fingerprint density at radius 3 is 2.00 bits per heavy atom. The predicted octanol–water partition coefficient (Wildman–Crippen LogP) is 2.71. The SMILES string of the molecule is COc1cccc(OC)c1OC(=O)c1ccc(S(=O)(=O)N2CCCC2)cc1. The van der Waals surface area contributed by atoms with Gasteiger partial charge in [-0.15, -0.1) is 0 Å². The number of rotatable bonds is 6. The fraction of sp³-hybridized carbons (Fsp3) is 0.316. The number of nitrogens with zero attached hydrogens (tertiary/aromatic N) is 1. The van der Waals surface area contributed by atoms with Gasteiger partial charge in [-0.1, -0.05) is 6.07 Å². The van der Waals surface area contributed by atoms with Crippen LogP contribution in [-0.2, 0) is 10.0 Å². The standard InChI is InChI=1S/C19H21NO6S/c1-24-16-6-5-7-17(25-2)18(16)26-19(21)14-8-10-15(11-9-14)27(22,23)20-12-3-4-13-20/h5-11H,3-4,12-13H2,1-2H3. The molecule has 0 saturated carbocycles. The lowest BCUT2D eigenvalue weighted by Gasteiger charge is -2.16. The van der Waals surface area contributed by atoms with E-state index < -0.39 is 16.0 Å². The van der Waals surface area contributed by atoms with Crippen molar-refractivity contribution in [2.45, 2.75) is 17.7 Å². The molecule has 0 amide bonds. The Hall–Kier alpha value is -2.58. The number of carbonyl (C=O) groups is 1. The Labute approximate surface area is 158 Å². The number of para-hydroxylation sites is 1. The minimum Gasteiger partial charge on any atom is -0.493 e. The van der Waals surface area contributed by atoms with E-state index in [9.17, 15) is 13.2 Å². The van der Waals surface area contributed by atoms with Gasteiger partial charge in [0.25, 0.3) is 0 Å². The molecular formula is C19H21NO6S. The van der Waals surface area contributed by atoms with Crippen molar-refractivity contribution >= 4 is 16.0 Å². The second kappa shape index (κ2) is 7.98. The largest absolute Gasteiger partial charge is 0.493 e. The first-order chi connectivity index (χ1) is 13.0. The third-order valence-electron chi connectivity index (χ3n) is 4.37. The average Bonchev–Trinajstić information content (AvgIpc) is 3.24. The van der Waals surface area contributed by atoms with Crippen molar-refractivity contribution < 1.29 is 27.4 Å². The second-order valence-electron chi connectivity index (χ2n) is 6.02. The quantitative estimate of drug-likeness (QED) is 0.556. The van der Waals surface area contributed by atoms with E-state index in [0.29, 0.717) is 24.6 Å². The van der Waals surface area contributed by atoms with Gasteiger partial charge in [-0.05, 0) is 49.2 Å². The van der Waals surface area contributed by atoms with Gasteiger partial charge in [0, 0.05) is 13.1 Å². The average molecular weight is 391 g/mol. The van der Waals surface area contributed by atoms with Crippen LogP contribution in [0, 0.1) is 0 Å². The van der Waals surface area contributed by atoms with Gasteiger partial charge < -0.3 is 14.2 Å². The van der Waals surface area contributed by atoms with Crippen LogP contribution in [0.4, 0.5) is 0 Å². The first-order valence-electron chi connectivity index (χ1n) is 8.50. The number of methoxy groups -OCH3 is 2. The molecule has 0 N–H and O–H groups in total. The lowest BCUT2D eigenvalue weighted by molar-refractivity contribution is 0.0724. The van der Waals surface area contributed by atoms with Crippen LogP contribution in [0.15, 0.2) is 47.4 Å². The van der Waals surface area contributed by atoms with Crippen LogP contribution in [0.3, 0.4) is 0 Å². The molecular weight excluding hydrogens is 370 g/mol. The molecule has 1 fully saturated rings. The fourth-order valence-electron chi connectivity index (χ4n) is 2.91. The van der Waals surface area contributed by atoms with Gasteiger partial charge >= 0.3 is 5.97 Å². The molecule has 8 heteroatoms. The number of hydrogen-bond acceptors (Lipinski definition) is 6. The zero-order valence-corrected chi connectivity index (χ0v) is 16.0. The number of hydrogen-bond donors (Lipinski definition) is 0. The maximum atomic E-state index is 12.6. The van der Waals surface area contributed by atoms with Crippen LogP contribution in [-0.4, -0.2) is 46.0 Å². The molecule has 1 heterocycles. The molecule has 2 aromatic carbocycles. The molecule has 1 saturated heterocycles. The van der Waals surface area contributed by atoms with Crippen molar-refractivity contribution in [1.29, 1.82) is 0 Å². The van der Waals surface area contributed by atoms with Crippen LogP contribution in [0.5, 0.6) is 17.2 Å². The Morgan fingerprint density at radius 2 is 1.48 bits per heavy atom. The van der Waals surface area contributed by atoms with E-state index >= 15 is 0 Å². The molecule has 7 nitrogen and oxygen atoms in total. The summed E-state index contributed by atoms with van der Waals surface area (Å²) in [5.74, 6) is 0.246. The maximum Gasteiger partial charge on any atom is 0.343 e. The Kier molecular flexibility index (Phi) is 5.67. The van der Waals surface area contributed by atoms with Crippen LogP contribution in [0.1, 0.15) is 23.2 Å². The first-order valence-corrected chi connectivity index (χ1v) is 9.95. The molecule has 0 unspecified atom stereocenters. The summed E-state index contributed by atoms with van der Waals surface area (Å²) in [4.78, 5) is 12.6. The molecule has 0 aliphatic carbocycles. The van der Waals surface area contributed by atoms with Crippen LogP contribution in [0.25, 0.3) is 0 Å². The molecule has 3 rings (SSSR count). The number of sulfonamides is 1. The van der Waals surface area contributed by atoms with Crippen molar-refractivity contribution in [2.24, 2.45) is 0 Å². The molecule has 0 bridgehead atoms. The monoisotopic (exact) mass is 391 g/mol. The number of ether oxygens (including phenoxy) is 3. The molecule has 1 aliphatic rings. The van der Waals surface area contributed by atoms with Crippen molar-refractivity contribution in [2.75, 3.05) is 27.3 Å².